The minimum absolute atomic E-state index is 0.0195. The topological polar surface area (TPSA) is 116 Å². The van der Waals surface area contributed by atoms with Crippen LogP contribution in [0, 0.1) is 4.91 Å². The van der Waals surface area contributed by atoms with Gasteiger partial charge in [0.2, 0.25) is 5.70 Å². The molecule has 0 fully saturated rings. The van der Waals surface area contributed by atoms with Gasteiger partial charge >= 0.3 is 5.97 Å². The molecule has 0 aromatic heterocycles. The van der Waals surface area contributed by atoms with E-state index in [2.05, 4.69) is 9.91 Å². The van der Waals surface area contributed by atoms with Crippen LogP contribution in [0.4, 0.5) is 0 Å². The number of hydrogen-bond acceptors (Lipinski definition) is 7. The minimum Gasteiger partial charge on any atom is -0.550 e. The van der Waals surface area contributed by atoms with E-state index < -0.39 is 36.2 Å². The molecule has 1 N–H and O–H groups in total. The fourth-order valence-corrected chi connectivity index (χ4v) is 0.746. The van der Waals surface area contributed by atoms with E-state index in [0.29, 0.717) is 0 Å². The summed E-state index contributed by atoms with van der Waals surface area (Å²) in [5, 5.41) is 21.5. The summed E-state index contributed by atoms with van der Waals surface area (Å²) < 4.78 is 4.41. The van der Waals surface area contributed by atoms with Crippen LogP contribution < -0.4 is 5.11 Å². The summed E-state index contributed by atoms with van der Waals surface area (Å²) in [7, 11) is 0. The number of nitrogens with zero attached hydrogens (tertiary/aromatic N) is 1. The van der Waals surface area contributed by atoms with Crippen LogP contribution in [-0.2, 0) is 14.3 Å². The molecule has 0 saturated heterocycles. The maximum Gasteiger partial charge on any atom is 0.364 e. The van der Waals surface area contributed by atoms with Crippen LogP contribution in [0.3, 0.4) is 0 Å². The highest BCUT2D eigenvalue weighted by atomic mass is 16.5. The predicted molar refractivity (Wildman–Crippen MR) is 46.3 cm³/mol. The molecule has 0 amide bonds. The molecule has 0 unspecified atom stereocenters. The average Bonchev–Trinajstić information content (AvgIpc) is 2.16. The molecule has 0 aliphatic heterocycles. The lowest BCUT2D eigenvalue weighted by Crippen LogP contribution is -2.22. The van der Waals surface area contributed by atoms with Gasteiger partial charge in [-0.15, -0.1) is 4.91 Å². The second-order valence-corrected chi connectivity index (χ2v) is 2.48. The highest BCUT2D eigenvalue weighted by Crippen LogP contribution is 2.11. The van der Waals surface area contributed by atoms with Crippen LogP contribution >= 0.6 is 0 Å². The minimum atomic E-state index is -1.41. The van der Waals surface area contributed by atoms with Crippen LogP contribution in [0.25, 0.3) is 0 Å². The molecule has 0 saturated carbocycles. The normalized spacial score (nSPS) is 11.5. The number of allylic oxidation sites excluding steroid dienone is 1. The van der Waals surface area contributed by atoms with Crippen molar-refractivity contribution >= 4 is 11.9 Å². The van der Waals surface area contributed by atoms with Gasteiger partial charge in [0.15, 0.2) is 0 Å². The van der Waals surface area contributed by atoms with Crippen molar-refractivity contribution in [2.75, 3.05) is 6.61 Å². The first kappa shape index (κ1) is 13.1. The highest BCUT2D eigenvalue weighted by molar-refractivity contribution is 5.88. The zero-order valence-electron chi connectivity index (χ0n) is 8.06. The first-order valence-electron chi connectivity index (χ1n) is 4.15. The fraction of sp³-hybridized carbons (Fsp3) is 0.500. The van der Waals surface area contributed by atoms with Crippen molar-refractivity contribution in [1.82, 2.24) is 0 Å². The second kappa shape index (κ2) is 6.52. The SMILES string of the molecule is CCOC(=O)C(N=O)=C(O)CCC(=O)[O-]. The van der Waals surface area contributed by atoms with Crippen LogP contribution in [-0.4, -0.2) is 23.7 Å². The number of carboxylic acids is 1. The largest absolute Gasteiger partial charge is 0.550 e. The molecule has 15 heavy (non-hydrogen) atoms. The summed E-state index contributed by atoms with van der Waals surface area (Å²) in [6, 6.07) is 0. The van der Waals surface area contributed by atoms with Gasteiger partial charge in [0.25, 0.3) is 0 Å². The Hall–Kier alpha value is -1.92. The standard InChI is InChI=1S/C8H11NO6/c1-2-15-8(13)7(9-14)5(10)3-4-6(11)12/h10H,2-4H2,1H3,(H,11,12)/p-1. The highest BCUT2D eigenvalue weighted by Gasteiger charge is 2.17. The van der Waals surface area contributed by atoms with E-state index in [1.807, 2.05) is 0 Å². The zero-order valence-corrected chi connectivity index (χ0v) is 8.06. The summed E-state index contributed by atoms with van der Waals surface area (Å²) in [6.45, 7) is 1.53. The number of carbonyl (C=O) groups is 2. The first-order chi connectivity index (χ1) is 7.02. The first-order valence-corrected chi connectivity index (χ1v) is 4.15. The van der Waals surface area contributed by atoms with Crippen molar-refractivity contribution < 1.29 is 24.5 Å². The lowest BCUT2D eigenvalue weighted by molar-refractivity contribution is -0.305. The number of rotatable bonds is 6. The molecule has 0 spiro atoms. The summed E-state index contributed by atoms with van der Waals surface area (Å²) in [5.41, 5.74) is -0.807. The van der Waals surface area contributed by atoms with Crippen LogP contribution in [0.15, 0.2) is 16.6 Å². The van der Waals surface area contributed by atoms with E-state index in [4.69, 9.17) is 5.11 Å². The molecule has 7 heteroatoms. The molecule has 0 aromatic carbocycles. The van der Waals surface area contributed by atoms with Crippen molar-refractivity contribution in [3.8, 4) is 0 Å². The van der Waals surface area contributed by atoms with Gasteiger partial charge in [0.1, 0.15) is 5.76 Å². The Kier molecular flexibility index (Phi) is 5.69. The Bertz CT molecular complexity index is 296. The lowest BCUT2D eigenvalue weighted by Gasteiger charge is -2.04. The number of aliphatic hydroxyl groups is 1. The van der Waals surface area contributed by atoms with Crippen molar-refractivity contribution in [3.05, 3.63) is 16.4 Å². The molecule has 0 rings (SSSR count). The average molecular weight is 216 g/mol. The molecule has 0 atom stereocenters. The van der Waals surface area contributed by atoms with Crippen molar-refractivity contribution in [2.24, 2.45) is 5.18 Å². The number of carbonyl (C=O) groups excluding carboxylic acids is 2. The van der Waals surface area contributed by atoms with Gasteiger partial charge in [-0.1, -0.05) is 0 Å². The Morgan fingerprint density at radius 3 is 2.40 bits per heavy atom. The number of carboxylic acid groups (broad SMARTS) is 1. The number of esters is 1. The third-order valence-corrected chi connectivity index (χ3v) is 1.40. The van der Waals surface area contributed by atoms with Gasteiger partial charge in [0.05, 0.1) is 6.61 Å². The molecule has 0 radical (unpaired) electrons. The number of hydrogen-bond donors (Lipinski definition) is 1. The number of nitroso groups, excluding NO2 is 1. The van der Waals surface area contributed by atoms with Gasteiger partial charge in [-0.25, -0.2) is 4.79 Å². The maximum absolute atomic E-state index is 11.0. The summed E-state index contributed by atoms with van der Waals surface area (Å²) in [4.78, 5) is 31.2. The third kappa shape index (κ3) is 4.75. The summed E-state index contributed by atoms with van der Waals surface area (Å²) in [6.07, 6.45) is -0.910. The van der Waals surface area contributed by atoms with Crippen LogP contribution in [0.1, 0.15) is 19.8 Å². The molecular weight excluding hydrogens is 206 g/mol. The van der Waals surface area contributed by atoms with Crippen molar-refractivity contribution in [1.29, 1.82) is 0 Å². The predicted octanol–water partition coefficient (Wildman–Crippen LogP) is -0.384. The molecule has 84 valence electrons. The number of aliphatic hydroxyl groups excluding tert-OH is 1. The Morgan fingerprint density at radius 2 is 2.00 bits per heavy atom. The number of aliphatic carboxylic acids is 1. The maximum atomic E-state index is 11.0. The molecule has 0 aromatic rings. The van der Waals surface area contributed by atoms with Gasteiger partial charge < -0.3 is 19.7 Å². The van der Waals surface area contributed by atoms with Gasteiger partial charge in [-0.05, 0) is 18.5 Å². The second-order valence-electron chi connectivity index (χ2n) is 2.48. The van der Waals surface area contributed by atoms with E-state index in [-0.39, 0.29) is 6.61 Å². The lowest BCUT2D eigenvalue weighted by atomic mass is 10.2. The molecule has 7 nitrogen and oxygen atoms in total. The third-order valence-electron chi connectivity index (χ3n) is 1.40. The van der Waals surface area contributed by atoms with E-state index in [1.54, 1.807) is 0 Å². The molecule has 0 aliphatic carbocycles. The zero-order chi connectivity index (χ0) is 11.8. The Labute approximate surface area is 85.3 Å². The fourth-order valence-electron chi connectivity index (χ4n) is 0.746. The Morgan fingerprint density at radius 1 is 1.40 bits per heavy atom. The number of ether oxygens (including phenoxy) is 1. The van der Waals surface area contributed by atoms with Crippen LogP contribution in [0.5, 0.6) is 0 Å². The molecule has 0 bridgehead atoms. The van der Waals surface area contributed by atoms with Gasteiger partial charge in [-0.2, -0.15) is 0 Å². The van der Waals surface area contributed by atoms with Gasteiger partial charge in [0, 0.05) is 12.4 Å². The van der Waals surface area contributed by atoms with E-state index in [0.717, 1.165) is 0 Å². The molecule has 0 heterocycles. The smallest absolute Gasteiger partial charge is 0.364 e. The summed E-state index contributed by atoms with van der Waals surface area (Å²) in [5.74, 6) is -3.20. The van der Waals surface area contributed by atoms with E-state index in [1.165, 1.54) is 6.92 Å². The quantitative estimate of drug-likeness (QED) is 0.280. The summed E-state index contributed by atoms with van der Waals surface area (Å²) >= 11 is 0. The molecular formula is C8H10NO6-. The van der Waals surface area contributed by atoms with E-state index in [9.17, 15) is 19.6 Å². The van der Waals surface area contributed by atoms with E-state index >= 15 is 0 Å². The molecule has 0 aliphatic rings. The van der Waals surface area contributed by atoms with Crippen LogP contribution in [0.2, 0.25) is 0 Å². The Balaban J connectivity index is 4.58. The van der Waals surface area contributed by atoms with Gasteiger partial charge in [-0.3, -0.25) is 0 Å². The van der Waals surface area contributed by atoms with Crippen molar-refractivity contribution in [3.63, 3.8) is 0 Å². The monoisotopic (exact) mass is 216 g/mol. The van der Waals surface area contributed by atoms with Crippen molar-refractivity contribution in [2.45, 2.75) is 19.8 Å².